The molecule has 0 fully saturated rings. The zero-order valence-electron chi connectivity index (χ0n) is 46.6. The molecular weight excluding hydrogens is 1180 g/mol. The van der Waals surface area contributed by atoms with Gasteiger partial charge in [-0.2, -0.15) is 0 Å². The van der Waals surface area contributed by atoms with Crippen molar-refractivity contribution in [1.29, 1.82) is 0 Å². The smallest absolute Gasteiger partial charge is 0.333 e. The summed E-state index contributed by atoms with van der Waals surface area (Å²) in [6.45, 7) is -1.36. The Kier molecular flexibility index (Phi) is 13.4. The molecule has 12 aromatic rings. The number of hydrogen-bond donors (Lipinski definition) is 0. The minimum Gasteiger partial charge on any atom is -0.459 e. The van der Waals surface area contributed by atoms with Gasteiger partial charge in [-0.1, -0.05) is 170 Å². The molecule has 0 atom stereocenters. The maximum atomic E-state index is 16.4. The summed E-state index contributed by atoms with van der Waals surface area (Å²) in [4.78, 5) is 128. The van der Waals surface area contributed by atoms with E-state index < -0.39 is 57.1 Å². The van der Waals surface area contributed by atoms with E-state index >= 15 is 19.2 Å². The molecule has 0 N–H and O–H groups in total. The summed E-state index contributed by atoms with van der Waals surface area (Å²) in [5.74, 6) is -5.62. The molecule has 16 heteroatoms. The molecular formula is C73H43NO12S3. The number of ketones is 2. The van der Waals surface area contributed by atoms with Crippen molar-refractivity contribution in [1.82, 2.24) is 0 Å². The van der Waals surface area contributed by atoms with Crippen molar-refractivity contribution in [3.63, 3.8) is 0 Å². The Morgan fingerprint density at radius 3 is 1.26 bits per heavy atom. The summed E-state index contributed by atoms with van der Waals surface area (Å²) in [5, 5.41) is 3.25. The lowest BCUT2D eigenvalue weighted by atomic mass is 9.76. The number of benzene rings is 8. The highest BCUT2D eigenvalue weighted by Gasteiger charge is 2.72. The van der Waals surface area contributed by atoms with Crippen LogP contribution in [0, 0.1) is 0 Å². The largest absolute Gasteiger partial charge is 0.459 e. The van der Waals surface area contributed by atoms with E-state index in [0.717, 1.165) is 55.6 Å². The number of hydrogen-bond acceptors (Lipinski definition) is 16. The standard InChI is InChI=1S/C73H43NO12S3/c75-61-49-29-44-25-13-14-26-45(44)30-50(49)62(76)53(61)33-48-34-54-65(87-48)57-58(72(54,68(79)83-36-40-17-5-1-6-18-40)69(80)84-37-41-19-7-2-8-20-41)67-59(73(57,70(81)85-38-42-21-9-3-10-22-42)71(82)86-39-43-23-11-4-12-24-43)66-55(88-67)35-56(89-66)74-60-63(77)51-31-46-27-15-16-28-47(46)32-52(51)64(60)78/h1-35H,36-39H2. The van der Waals surface area contributed by atoms with Crippen LogP contribution >= 0.6 is 34.0 Å². The molecule has 0 spiro atoms. The normalized spacial score (nSPS) is 14.2. The third-order valence-electron chi connectivity index (χ3n) is 16.6. The number of thiophene rings is 3. The molecule has 3 aliphatic carbocycles. The van der Waals surface area contributed by atoms with Gasteiger partial charge in [0.25, 0.3) is 0 Å². The molecule has 0 saturated carbocycles. The Morgan fingerprint density at radius 1 is 0.427 bits per heavy atom. The highest BCUT2D eigenvalue weighted by atomic mass is 32.1. The van der Waals surface area contributed by atoms with E-state index in [9.17, 15) is 19.2 Å². The molecule has 9 aromatic carbocycles. The number of Topliss-reactive ketones (excluding diaryl/α,β-unsaturated/α-hetero) is 2. The first-order valence-electron chi connectivity index (χ1n) is 28.3. The van der Waals surface area contributed by atoms with Crippen LogP contribution in [0.1, 0.15) is 68.7 Å². The Morgan fingerprint density at radius 2 is 0.820 bits per heavy atom. The van der Waals surface area contributed by atoms with Crippen molar-refractivity contribution in [2.24, 2.45) is 4.99 Å². The van der Waals surface area contributed by atoms with E-state index in [1.165, 1.54) is 12.1 Å². The zero-order chi connectivity index (χ0) is 60.7. The topological polar surface area (TPSA) is 186 Å². The number of esters is 4. The third kappa shape index (κ3) is 8.80. The Hall–Kier alpha value is -10.7. The molecule has 89 heavy (non-hydrogen) atoms. The first-order chi connectivity index (χ1) is 43.4. The average Bonchev–Trinajstić information content (AvgIpc) is 1.48. The van der Waals surface area contributed by atoms with Gasteiger partial charge >= 0.3 is 23.9 Å². The zero-order valence-corrected chi connectivity index (χ0v) is 49.1. The molecule has 15 rings (SSSR count). The number of allylic oxidation sites excluding steroid dienone is 1. The van der Waals surface area contributed by atoms with Crippen LogP contribution in [0.3, 0.4) is 0 Å². The van der Waals surface area contributed by atoms with Gasteiger partial charge in [-0.15, -0.1) is 34.0 Å². The summed E-state index contributed by atoms with van der Waals surface area (Å²) >= 11 is 2.98. The minimum absolute atomic E-state index is 0.00704. The van der Waals surface area contributed by atoms with Gasteiger partial charge in [0, 0.05) is 63.5 Å². The predicted molar refractivity (Wildman–Crippen MR) is 341 cm³/mol. The summed E-state index contributed by atoms with van der Waals surface area (Å²) in [6.07, 6.45) is 1.40. The first kappa shape index (κ1) is 55.0. The van der Waals surface area contributed by atoms with E-state index in [1.54, 1.807) is 152 Å². The summed E-state index contributed by atoms with van der Waals surface area (Å²) in [5.41, 5.74) is -4.35. The second kappa shape index (κ2) is 21.6. The van der Waals surface area contributed by atoms with Gasteiger partial charge < -0.3 is 18.9 Å². The van der Waals surface area contributed by atoms with Crippen molar-refractivity contribution in [3.8, 4) is 0 Å². The van der Waals surface area contributed by atoms with Crippen molar-refractivity contribution >= 4 is 133 Å². The van der Waals surface area contributed by atoms with Crippen LogP contribution < -0.4 is 16.2 Å². The molecule has 3 aromatic heterocycles. The lowest BCUT2D eigenvalue weighted by molar-refractivity contribution is -0.165. The molecule has 0 saturated heterocycles. The van der Waals surface area contributed by atoms with E-state index in [4.69, 9.17) is 23.9 Å². The van der Waals surface area contributed by atoms with Crippen LogP contribution in [0.4, 0.5) is 5.00 Å². The van der Waals surface area contributed by atoms with Crippen LogP contribution in [0.5, 0.6) is 0 Å². The fourth-order valence-electron chi connectivity index (χ4n) is 12.4. The molecule has 0 aliphatic heterocycles. The number of carbonyl (C=O) groups is 6. The lowest BCUT2D eigenvalue weighted by Crippen LogP contribution is -2.45. The van der Waals surface area contributed by atoms with Gasteiger partial charge in [-0.25, -0.2) is 4.99 Å². The predicted octanol–water partition coefficient (Wildman–Crippen LogP) is 13.2. The van der Waals surface area contributed by atoms with Crippen LogP contribution in [0.25, 0.3) is 58.9 Å². The molecule has 3 aliphatic rings. The summed E-state index contributed by atoms with van der Waals surface area (Å²) in [6, 6.07) is 59.8. The van der Waals surface area contributed by atoms with E-state index in [2.05, 4.69) is 0 Å². The lowest BCUT2D eigenvalue weighted by Gasteiger charge is -2.29. The first-order valence-corrected chi connectivity index (χ1v) is 30.7. The van der Waals surface area contributed by atoms with Gasteiger partial charge in [-0.3, -0.25) is 38.4 Å². The van der Waals surface area contributed by atoms with Crippen molar-refractivity contribution in [3.05, 3.63) is 297 Å². The van der Waals surface area contributed by atoms with Gasteiger partial charge in [-0.05, 0) is 86.3 Å². The SMILES string of the molecule is O=C1C(=Cc2cc3c(s2)C2=C(c4sc5cc(N=c6c(=O)c7cc8ccccc8cc7c6=O)sc5c4C2(C(=O)OCc2ccccc2)C(=O)OCc2ccccc2)C3(C(=O)OCc2ccccc2)C(=O)OCc2ccccc2)C(=O)c2cc3ccccc3cc21. The minimum atomic E-state index is -2.70. The van der Waals surface area contributed by atoms with Crippen LogP contribution in [0.2, 0.25) is 0 Å². The highest BCUT2D eigenvalue weighted by Crippen LogP contribution is 2.69. The molecule has 0 bridgehead atoms. The fourth-order valence-corrected chi connectivity index (χ4v) is 16.4. The van der Waals surface area contributed by atoms with E-state index in [-0.39, 0.29) is 106 Å². The van der Waals surface area contributed by atoms with Gasteiger partial charge in [0.15, 0.2) is 16.9 Å². The van der Waals surface area contributed by atoms with Gasteiger partial charge in [0.05, 0.1) is 10.3 Å². The third-order valence-corrected chi connectivity index (χ3v) is 20.0. The maximum absolute atomic E-state index is 16.4. The second-order valence-corrected chi connectivity index (χ2v) is 25.0. The Bertz CT molecular complexity index is 5030. The highest BCUT2D eigenvalue weighted by molar-refractivity contribution is 7.30. The number of rotatable bonds is 14. The van der Waals surface area contributed by atoms with Crippen LogP contribution in [-0.4, -0.2) is 35.4 Å². The number of ether oxygens (including phenoxy) is 4. The Balaban J connectivity index is 0.996. The van der Waals surface area contributed by atoms with E-state index in [0.29, 0.717) is 27.0 Å². The summed E-state index contributed by atoms with van der Waals surface area (Å²) < 4.78 is 26.2. The van der Waals surface area contributed by atoms with Crippen molar-refractivity contribution < 1.29 is 47.7 Å². The molecule has 0 amide bonds. The fraction of sp³-hybridized carbons (Fsp3) is 0.0822. The molecule has 3 heterocycles. The summed E-state index contributed by atoms with van der Waals surface area (Å²) in [7, 11) is 0. The molecule has 430 valence electrons. The average molecular weight is 1220 g/mol. The number of carbonyl (C=O) groups excluding carboxylic acids is 6. The quantitative estimate of drug-likeness (QED) is 0.0330. The van der Waals surface area contributed by atoms with Crippen LogP contribution in [-0.2, 0) is 75.4 Å². The van der Waals surface area contributed by atoms with Crippen molar-refractivity contribution in [2.75, 3.05) is 0 Å². The van der Waals surface area contributed by atoms with Crippen molar-refractivity contribution in [2.45, 2.75) is 37.3 Å². The maximum Gasteiger partial charge on any atom is 0.333 e. The second-order valence-electron chi connectivity index (χ2n) is 21.8. The monoisotopic (exact) mass is 1220 g/mol. The van der Waals surface area contributed by atoms with Gasteiger partial charge in [0.2, 0.25) is 21.7 Å². The van der Waals surface area contributed by atoms with Crippen LogP contribution in [0.15, 0.2) is 226 Å². The number of fused-ring (bicyclic) bond motifs is 10. The Labute approximate surface area is 517 Å². The van der Waals surface area contributed by atoms with E-state index in [1.807, 2.05) is 48.5 Å². The number of nitrogens with zero attached hydrogens (tertiary/aromatic N) is 1. The molecule has 0 radical (unpaired) electrons. The molecule has 13 nitrogen and oxygen atoms in total. The molecule has 0 unspecified atom stereocenters. The van der Waals surface area contributed by atoms with Gasteiger partial charge in [0.1, 0.15) is 31.4 Å².